The largest absolute Gasteiger partial charge is 0.507 e. The van der Waals surface area contributed by atoms with E-state index < -0.39 is 11.9 Å². The molecule has 0 heterocycles. The molecule has 1 rings (SSSR count). The van der Waals surface area contributed by atoms with Gasteiger partial charge < -0.3 is 10.8 Å². The first-order valence-corrected chi connectivity index (χ1v) is 3.94. The fourth-order valence-corrected chi connectivity index (χ4v) is 1.13. The Kier molecular flexibility index (Phi) is 2.68. The zero-order valence-corrected chi connectivity index (χ0v) is 7.42. The zero-order chi connectivity index (χ0) is 10.0. The normalized spacial score (nSPS) is 12.5. The minimum atomic E-state index is -0.667. The van der Waals surface area contributed by atoms with E-state index in [1.165, 1.54) is 18.2 Å². The third-order valence-corrected chi connectivity index (χ3v) is 1.95. The van der Waals surface area contributed by atoms with E-state index in [-0.39, 0.29) is 11.3 Å². The standard InChI is InChI=1S/C10H12FNO/c1-3-8(12)9-7(11)5-4-6(2)10(9)13/h3-5,8,13H,1,12H2,2H3/t8-/m0/s1. The fourth-order valence-electron chi connectivity index (χ4n) is 1.13. The lowest BCUT2D eigenvalue weighted by atomic mass is 10.0. The summed E-state index contributed by atoms with van der Waals surface area (Å²) < 4.78 is 13.2. The highest BCUT2D eigenvalue weighted by Crippen LogP contribution is 2.29. The van der Waals surface area contributed by atoms with Crippen LogP contribution in [-0.2, 0) is 0 Å². The van der Waals surface area contributed by atoms with E-state index in [0.29, 0.717) is 5.56 Å². The Morgan fingerprint density at radius 1 is 1.62 bits per heavy atom. The average Bonchev–Trinajstić information content (AvgIpc) is 2.12. The van der Waals surface area contributed by atoms with Crippen molar-refractivity contribution in [1.82, 2.24) is 0 Å². The molecule has 1 aromatic rings. The first kappa shape index (κ1) is 9.74. The summed E-state index contributed by atoms with van der Waals surface area (Å²) in [6.07, 6.45) is 1.39. The Morgan fingerprint density at radius 2 is 2.23 bits per heavy atom. The predicted octanol–water partition coefficient (Wildman–Crippen LogP) is 2.03. The number of aromatic hydroxyl groups is 1. The van der Waals surface area contributed by atoms with Crippen molar-refractivity contribution in [2.75, 3.05) is 0 Å². The number of halogens is 1. The van der Waals surface area contributed by atoms with Crippen LogP contribution in [0.4, 0.5) is 4.39 Å². The molecule has 3 N–H and O–H groups in total. The van der Waals surface area contributed by atoms with Crippen molar-refractivity contribution in [3.8, 4) is 5.75 Å². The molecule has 0 bridgehead atoms. The van der Waals surface area contributed by atoms with Crippen molar-refractivity contribution in [3.63, 3.8) is 0 Å². The first-order valence-electron chi connectivity index (χ1n) is 3.94. The summed E-state index contributed by atoms with van der Waals surface area (Å²) in [4.78, 5) is 0. The van der Waals surface area contributed by atoms with Crippen LogP contribution in [0.3, 0.4) is 0 Å². The molecule has 3 heteroatoms. The Hall–Kier alpha value is -1.35. The minimum Gasteiger partial charge on any atom is -0.507 e. The number of benzene rings is 1. The second-order valence-electron chi connectivity index (χ2n) is 2.89. The van der Waals surface area contributed by atoms with Gasteiger partial charge in [0.05, 0.1) is 11.6 Å². The van der Waals surface area contributed by atoms with Crippen LogP contribution in [0, 0.1) is 12.7 Å². The second kappa shape index (κ2) is 3.58. The average molecular weight is 181 g/mol. The lowest BCUT2D eigenvalue weighted by Gasteiger charge is -2.11. The van der Waals surface area contributed by atoms with E-state index in [1.54, 1.807) is 6.92 Å². The summed E-state index contributed by atoms with van der Waals surface area (Å²) >= 11 is 0. The Labute approximate surface area is 76.5 Å². The summed E-state index contributed by atoms with van der Waals surface area (Å²) in [5.41, 5.74) is 6.26. The van der Waals surface area contributed by atoms with E-state index in [4.69, 9.17) is 5.73 Å². The number of hydrogen-bond acceptors (Lipinski definition) is 2. The quantitative estimate of drug-likeness (QED) is 0.686. The third kappa shape index (κ3) is 1.70. The van der Waals surface area contributed by atoms with Gasteiger partial charge in [-0.05, 0) is 18.6 Å². The monoisotopic (exact) mass is 181 g/mol. The molecule has 13 heavy (non-hydrogen) atoms. The smallest absolute Gasteiger partial charge is 0.132 e. The highest BCUT2D eigenvalue weighted by molar-refractivity contribution is 5.43. The molecule has 0 spiro atoms. The third-order valence-electron chi connectivity index (χ3n) is 1.95. The summed E-state index contributed by atoms with van der Waals surface area (Å²) in [6, 6.07) is 2.12. The maximum atomic E-state index is 13.2. The summed E-state index contributed by atoms with van der Waals surface area (Å²) in [5.74, 6) is -0.595. The number of aryl methyl sites for hydroxylation is 1. The SMILES string of the molecule is C=C[C@H](N)c1c(F)ccc(C)c1O. The number of phenols is 1. The van der Waals surface area contributed by atoms with E-state index in [2.05, 4.69) is 6.58 Å². The van der Waals surface area contributed by atoms with Gasteiger partial charge in [0.2, 0.25) is 0 Å². The zero-order valence-electron chi connectivity index (χ0n) is 7.42. The first-order chi connectivity index (χ1) is 6.07. The number of hydrogen-bond donors (Lipinski definition) is 2. The summed E-state index contributed by atoms with van der Waals surface area (Å²) in [5, 5.41) is 9.51. The van der Waals surface area contributed by atoms with Crippen LogP contribution in [0.1, 0.15) is 17.2 Å². The molecule has 1 atom stereocenters. The van der Waals surface area contributed by atoms with Crippen molar-refractivity contribution in [3.05, 3.63) is 41.7 Å². The van der Waals surface area contributed by atoms with Crippen LogP contribution in [0.25, 0.3) is 0 Å². The molecule has 0 aliphatic heterocycles. The van der Waals surface area contributed by atoms with E-state index in [9.17, 15) is 9.50 Å². The molecule has 2 nitrogen and oxygen atoms in total. The van der Waals surface area contributed by atoms with Gasteiger partial charge in [0.25, 0.3) is 0 Å². The Bertz CT molecular complexity index is 336. The molecule has 0 aromatic heterocycles. The van der Waals surface area contributed by atoms with E-state index in [1.807, 2.05) is 0 Å². The van der Waals surface area contributed by atoms with Gasteiger partial charge in [-0.3, -0.25) is 0 Å². The van der Waals surface area contributed by atoms with Crippen LogP contribution >= 0.6 is 0 Å². The van der Waals surface area contributed by atoms with Crippen molar-refractivity contribution in [2.45, 2.75) is 13.0 Å². The van der Waals surface area contributed by atoms with Crippen LogP contribution in [0.5, 0.6) is 5.75 Å². The Morgan fingerprint density at radius 3 is 2.77 bits per heavy atom. The van der Waals surface area contributed by atoms with Gasteiger partial charge in [0.15, 0.2) is 0 Å². The lowest BCUT2D eigenvalue weighted by Crippen LogP contribution is -2.09. The van der Waals surface area contributed by atoms with Gasteiger partial charge in [0.1, 0.15) is 11.6 Å². The van der Waals surface area contributed by atoms with Gasteiger partial charge in [0, 0.05) is 0 Å². The molecule has 0 saturated heterocycles. The van der Waals surface area contributed by atoms with Crippen molar-refractivity contribution in [1.29, 1.82) is 0 Å². The number of nitrogens with two attached hydrogens (primary N) is 1. The van der Waals surface area contributed by atoms with E-state index in [0.717, 1.165) is 0 Å². The van der Waals surface area contributed by atoms with Gasteiger partial charge in [-0.2, -0.15) is 0 Å². The predicted molar refractivity (Wildman–Crippen MR) is 49.9 cm³/mol. The van der Waals surface area contributed by atoms with E-state index >= 15 is 0 Å². The second-order valence-corrected chi connectivity index (χ2v) is 2.89. The van der Waals surface area contributed by atoms with Gasteiger partial charge >= 0.3 is 0 Å². The van der Waals surface area contributed by atoms with Crippen molar-refractivity contribution < 1.29 is 9.50 Å². The minimum absolute atomic E-state index is 0.0904. The van der Waals surface area contributed by atoms with Crippen LogP contribution in [-0.4, -0.2) is 5.11 Å². The van der Waals surface area contributed by atoms with Crippen LogP contribution < -0.4 is 5.73 Å². The molecule has 0 aliphatic carbocycles. The molecule has 0 radical (unpaired) electrons. The summed E-state index contributed by atoms with van der Waals surface area (Å²) in [6.45, 7) is 5.13. The molecule has 0 fully saturated rings. The number of rotatable bonds is 2. The molecule has 0 amide bonds. The molecule has 0 unspecified atom stereocenters. The summed E-state index contributed by atoms with van der Waals surface area (Å²) in [7, 11) is 0. The molecule has 0 aliphatic rings. The molecule has 0 saturated carbocycles. The fraction of sp³-hybridized carbons (Fsp3) is 0.200. The van der Waals surface area contributed by atoms with Gasteiger partial charge in [-0.1, -0.05) is 12.1 Å². The maximum Gasteiger partial charge on any atom is 0.132 e. The van der Waals surface area contributed by atoms with Crippen LogP contribution in [0.2, 0.25) is 0 Å². The Balaban J connectivity index is 3.32. The van der Waals surface area contributed by atoms with Crippen molar-refractivity contribution >= 4 is 0 Å². The molecule has 70 valence electrons. The van der Waals surface area contributed by atoms with Crippen molar-refractivity contribution in [2.24, 2.45) is 5.73 Å². The molecular formula is C10H12FNO. The maximum absolute atomic E-state index is 13.2. The molecular weight excluding hydrogens is 169 g/mol. The van der Waals surface area contributed by atoms with Crippen LogP contribution in [0.15, 0.2) is 24.8 Å². The lowest BCUT2D eigenvalue weighted by molar-refractivity contribution is 0.451. The highest BCUT2D eigenvalue weighted by atomic mass is 19.1. The molecule has 1 aromatic carbocycles. The topological polar surface area (TPSA) is 46.2 Å². The van der Waals surface area contributed by atoms with Gasteiger partial charge in [-0.25, -0.2) is 4.39 Å². The number of phenolic OH excluding ortho intramolecular Hbond substituents is 1. The highest BCUT2D eigenvalue weighted by Gasteiger charge is 2.14. The van der Waals surface area contributed by atoms with Gasteiger partial charge in [-0.15, -0.1) is 6.58 Å².